The molecule has 2 aliphatic rings. The molecule has 1 N–H and O–H groups in total. The first kappa shape index (κ1) is 28.0. The third-order valence-corrected chi connectivity index (χ3v) is 8.69. The highest BCUT2D eigenvalue weighted by Gasteiger charge is 2.47. The Morgan fingerprint density at radius 2 is 1.69 bits per heavy atom. The number of carbonyl (C=O) groups excluding carboxylic acids is 1. The molecular formula is C35H39N3O4. The largest absolute Gasteiger partial charge is 0.493 e. The number of aromatic nitrogens is 1. The molecule has 2 fully saturated rings. The molecule has 3 aromatic carbocycles. The predicted octanol–water partition coefficient (Wildman–Crippen LogP) is 7.04. The summed E-state index contributed by atoms with van der Waals surface area (Å²) in [6.07, 6.45) is 5.52. The molecule has 7 heteroatoms. The minimum Gasteiger partial charge on any atom is -0.493 e. The number of oxazole rings is 1. The Morgan fingerprint density at radius 1 is 0.976 bits per heavy atom. The van der Waals surface area contributed by atoms with Gasteiger partial charge in [0.05, 0.1) is 18.2 Å². The van der Waals surface area contributed by atoms with Gasteiger partial charge in [-0.05, 0) is 74.6 Å². The quantitative estimate of drug-likeness (QED) is 0.235. The second-order valence-corrected chi connectivity index (χ2v) is 11.5. The molecule has 4 aromatic rings. The smallest absolute Gasteiger partial charge is 0.232 e. The third kappa shape index (κ3) is 5.93. The predicted molar refractivity (Wildman–Crippen MR) is 163 cm³/mol. The molecule has 6 rings (SSSR count). The average Bonchev–Trinajstić information content (AvgIpc) is 3.67. The lowest BCUT2D eigenvalue weighted by Gasteiger charge is -2.35. The summed E-state index contributed by atoms with van der Waals surface area (Å²) in [6.45, 7) is 4.64. The number of nitrogens with one attached hydrogen (secondary N) is 1. The summed E-state index contributed by atoms with van der Waals surface area (Å²) in [4.78, 5) is 21.3. The second-order valence-electron chi connectivity index (χ2n) is 11.5. The zero-order valence-electron chi connectivity index (χ0n) is 24.5. The Labute approximate surface area is 247 Å². The number of para-hydroxylation sites is 2. The molecule has 0 spiro atoms. The number of piperidine rings is 1. The molecule has 1 saturated heterocycles. The summed E-state index contributed by atoms with van der Waals surface area (Å²) in [5.74, 6) is 3.65. The topological polar surface area (TPSA) is 76.8 Å². The number of rotatable bonds is 9. The van der Waals surface area contributed by atoms with Crippen LogP contribution < -0.4 is 14.8 Å². The number of nitrogens with zero attached hydrogens (tertiary/aromatic N) is 2. The van der Waals surface area contributed by atoms with Gasteiger partial charge in [-0.25, -0.2) is 4.98 Å². The first-order valence-electron chi connectivity index (χ1n) is 15.0. The summed E-state index contributed by atoms with van der Waals surface area (Å²) in [7, 11) is 1.65. The summed E-state index contributed by atoms with van der Waals surface area (Å²) in [5, 5.41) is 3.43. The molecule has 218 valence electrons. The van der Waals surface area contributed by atoms with E-state index >= 15 is 0 Å². The molecule has 0 bridgehead atoms. The molecule has 2 heterocycles. The Balaban J connectivity index is 1.07. The maximum absolute atomic E-state index is 13.9. The number of carbonyl (C=O) groups is 1. The van der Waals surface area contributed by atoms with Gasteiger partial charge in [-0.3, -0.25) is 9.69 Å². The van der Waals surface area contributed by atoms with Crippen molar-refractivity contribution in [1.82, 2.24) is 15.2 Å². The van der Waals surface area contributed by atoms with Crippen LogP contribution in [0, 0.1) is 6.92 Å². The molecular weight excluding hydrogens is 526 g/mol. The molecule has 7 nitrogen and oxygen atoms in total. The monoisotopic (exact) mass is 565 g/mol. The van der Waals surface area contributed by atoms with Crippen LogP contribution in [-0.4, -0.2) is 42.0 Å². The Morgan fingerprint density at radius 3 is 2.43 bits per heavy atom. The van der Waals surface area contributed by atoms with E-state index in [1.165, 1.54) is 5.56 Å². The van der Waals surface area contributed by atoms with Crippen LogP contribution >= 0.6 is 0 Å². The zero-order chi connectivity index (χ0) is 28.9. The van der Waals surface area contributed by atoms with Crippen molar-refractivity contribution in [3.63, 3.8) is 0 Å². The highest BCUT2D eigenvalue weighted by Crippen LogP contribution is 2.43. The van der Waals surface area contributed by atoms with Gasteiger partial charge in [0.1, 0.15) is 11.5 Å². The van der Waals surface area contributed by atoms with Gasteiger partial charge in [0, 0.05) is 31.2 Å². The van der Waals surface area contributed by atoms with E-state index in [0.717, 1.165) is 80.9 Å². The standard InChI is InChI=1S/C35H39N3O4/c1-25-32(37-33(41-25)27-12-4-3-5-13-27)35(19-8-9-20-35)34(39)36-28-17-21-38(22-18-28)24-26-11-10-14-29(23-26)42-31-16-7-6-15-30(31)40-2/h3-7,10-16,23,28H,8-9,17-22,24H2,1-2H3,(H,36,39). The molecule has 1 aliphatic heterocycles. The van der Waals surface area contributed by atoms with E-state index in [1.807, 2.05) is 73.7 Å². The van der Waals surface area contributed by atoms with Crippen LogP contribution in [0.25, 0.3) is 11.5 Å². The van der Waals surface area contributed by atoms with E-state index in [9.17, 15) is 4.79 Å². The highest BCUT2D eigenvalue weighted by molar-refractivity contribution is 5.88. The summed E-state index contributed by atoms with van der Waals surface area (Å²) in [6, 6.07) is 26.0. The van der Waals surface area contributed by atoms with Crippen LogP contribution in [0.15, 0.2) is 83.3 Å². The van der Waals surface area contributed by atoms with Crippen molar-refractivity contribution in [2.24, 2.45) is 0 Å². The molecule has 1 aromatic heterocycles. The SMILES string of the molecule is COc1ccccc1Oc1cccc(CN2CCC(NC(=O)C3(c4nc(-c5ccccc5)oc4C)CCCC3)CC2)c1. The number of aryl methyl sites for hydroxylation is 1. The molecule has 0 atom stereocenters. The number of ether oxygens (including phenoxy) is 2. The lowest BCUT2D eigenvalue weighted by atomic mass is 9.80. The Kier molecular flexibility index (Phi) is 8.29. The zero-order valence-corrected chi connectivity index (χ0v) is 24.5. The van der Waals surface area contributed by atoms with Gasteiger partial charge < -0.3 is 19.2 Å². The fraction of sp³-hybridized carbons (Fsp3) is 0.371. The number of benzene rings is 3. The van der Waals surface area contributed by atoms with Gasteiger partial charge in [-0.15, -0.1) is 0 Å². The van der Waals surface area contributed by atoms with E-state index < -0.39 is 5.41 Å². The molecule has 1 amide bonds. The van der Waals surface area contributed by atoms with Gasteiger partial charge in [0.15, 0.2) is 11.5 Å². The van der Waals surface area contributed by atoms with Crippen molar-refractivity contribution in [2.75, 3.05) is 20.2 Å². The van der Waals surface area contributed by atoms with Crippen molar-refractivity contribution in [1.29, 1.82) is 0 Å². The number of methoxy groups -OCH3 is 1. The minimum atomic E-state index is -0.611. The average molecular weight is 566 g/mol. The van der Waals surface area contributed by atoms with Crippen molar-refractivity contribution in [2.45, 2.75) is 63.5 Å². The van der Waals surface area contributed by atoms with Crippen LogP contribution in [-0.2, 0) is 16.8 Å². The fourth-order valence-electron chi connectivity index (χ4n) is 6.45. The van der Waals surface area contributed by atoms with Crippen molar-refractivity contribution in [3.8, 4) is 28.7 Å². The summed E-state index contributed by atoms with van der Waals surface area (Å²) in [5.41, 5.74) is 2.33. The van der Waals surface area contributed by atoms with Crippen molar-refractivity contribution in [3.05, 3.63) is 95.9 Å². The number of likely N-dealkylation sites (tertiary alicyclic amines) is 1. The highest BCUT2D eigenvalue weighted by atomic mass is 16.5. The van der Waals surface area contributed by atoms with E-state index in [1.54, 1.807) is 7.11 Å². The maximum Gasteiger partial charge on any atom is 0.232 e. The second kappa shape index (κ2) is 12.4. The van der Waals surface area contributed by atoms with Crippen molar-refractivity contribution >= 4 is 5.91 Å². The number of amides is 1. The van der Waals surface area contributed by atoms with E-state index in [0.29, 0.717) is 17.4 Å². The summed E-state index contributed by atoms with van der Waals surface area (Å²) >= 11 is 0. The number of hydrogen-bond donors (Lipinski definition) is 1. The molecule has 0 unspecified atom stereocenters. The lowest BCUT2D eigenvalue weighted by molar-refractivity contribution is -0.127. The molecule has 1 saturated carbocycles. The van der Waals surface area contributed by atoms with Crippen LogP contribution in [0.2, 0.25) is 0 Å². The fourth-order valence-corrected chi connectivity index (χ4v) is 6.45. The Bertz CT molecular complexity index is 1500. The van der Waals surface area contributed by atoms with E-state index in [-0.39, 0.29) is 11.9 Å². The maximum atomic E-state index is 13.9. The van der Waals surface area contributed by atoms with Gasteiger partial charge in [0.2, 0.25) is 11.8 Å². The minimum absolute atomic E-state index is 0.107. The van der Waals surface area contributed by atoms with E-state index in [2.05, 4.69) is 22.3 Å². The van der Waals surface area contributed by atoms with E-state index in [4.69, 9.17) is 18.9 Å². The van der Waals surface area contributed by atoms with Gasteiger partial charge in [0.25, 0.3) is 0 Å². The van der Waals surface area contributed by atoms with Crippen molar-refractivity contribution < 1.29 is 18.7 Å². The molecule has 1 aliphatic carbocycles. The van der Waals surface area contributed by atoms with Crippen LogP contribution in [0.1, 0.15) is 55.5 Å². The van der Waals surface area contributed by atoms with Crippen LogP contribution in [0.3, 0.4) is 0 Å². The van der Waals surface area contributed by atoms with Gasteiger partial charge >= 0.3 is 0 Å². The van der Waals surface area contributed by atoms with Gasteiger partial charge in [-0.2, -0.15) is 0 Å². The first-order valence-corrected chi connectivity index (χ1v) is 15.0. The van der Waals surface area contributed by atoms with Crippen LogP contribution in [0.5, 0.6) is 17.2 Å². The van der Waals surface area contributed by atoms with Crippen LogP contribution in [0.4, 0.5) is 0 Å². The van der Waals surface area contributed by atoms with Gasteiger partial charge in [-0.1, -0.05) is 55.3 Å². The molecule has 42 heavy (non-hydrogen) atoms. The number of hydrogen-bond acceptors (Lipinski definition) is 6. The lowest BCUT2D eigenvalue weighted by Crippen LogP contribution is -2.50. The summed E-state index contributed by atoms with van der Waals surface area (Å²) < 4.78 is 17.6. The Hall–Kier alpha value is -4.10. The molecule has 0 radical (unpaired) electrons. The third-order valence-electron chi connectivity index (χ3n) is 8.69. The first-order chi connectivity index (χ1) is 20.5. The normalized spacial score (nSPS) is 17.2.